The molecule has 0 amide bonds. The fraction of sp³-hybridized carbons (Fsp3) is 0.455. The van der Waals surface area contributed by atoms with Crippen LogP contribution in [0.25, 0.3) is 0 Å². The van der Waals surface area contributed by atoms with Crippen LogP contribution in [0.5, 0.6) is 0 Å². The lowest BCUT2D eigenvalue weighted by Gasteiger charge is -2.31. The van der Waals surface area contributed by atoms with Gasteiger partial charge in [-0.05, 0) is 107 Å². The molecule has 0 aromatic heterocycles. The number of benzene rings is 3. The summed E-state index contributed by atoms with van der Waals surface area (Å²) in [6.45, 7) is 13.5. The third-order valence-electron chi connectivity index (χ3n) is 7.91. The molecular weight excluding hydrogens is 440 g/mol. The van der Waals surface area contributed by atoms with Gasteiger partial charge in [0.15, 0.2) is 0 Å². The van der Waals surface area contributed by atoms with Crippen LogP contribution < -0.4 is 0 Å². The van der Waals surface area contributed by atoms with E-state index in [-0.39, 0.29) is 0 Å². The number of rotatable bonds is 12. The smallest absolute Gasteiger partial charge is 0.201 e. The van der Waals surface area contributed by atoms with E-state index < -0.39 is 8.32 Å². The molecule has 0 aliphatic carbocycles. The zero-order valence-electron chi connectivity index (χ0n) is 23.0. The topological polar surface area (TPSA) is 20.2 Å². The summed E-state index contributed by atoms with van der Waals surface area (Å²) >= 11 is 0. The van der Waals surface area contributed by atoms with E-state index in [1.807, 2.05) is 0 Å². The number of hydrogen-bond donors (Lipinski definition) is 1. The summed E-state index contributed by atoms with van der Waals surface area (Å²) in [5.74, 6) is 0. The van der Waals surface area contributed by atoms with Crippen molar-refractivity contribution in [2.75, 3.05) is 0 Å². The summed E-state index contributed by atoms with van der Waals surface area (Å²) in [6.07, 6.45) is 6.11. The van der Waals surface area contributed by atoms with Crippen molar-refractivity contribution in [2.45, 2.75) is 98.2 Å². The van der Waals surface area contributed by atoms with Crippen molar-refractivity contribution < 1.29 is 4.80 Å². The second-order valence-corrected chi connectivity index (χ2v) is 13.5. The van der Waals surface area contributed by atoms with Gasteiger partial charge in [-0.2, -0.15) is 0 Å². The summed E-state index contributed by atoms with van der Waals surface area (Å²) in [7, 11) is -2.76. The first-order chi connectivity index (χ1) is 16.9. The second kappa shape index (κ2) is 12.7. The highest BCUT2D eigenvalue weighted by Gasteiger charge is 2.36. The molecule has 0 fully saturated rings. The minimum Gasteiger partial charge on any atom is -0.431 e. The molecule has 3 rings (SSSR count). The lowest BCUT2D eigenvalue weighted by Crippen LogP contribution is -2.45. The molecule has 0 atom stereocenters. The molecule has 0 radical (unpaired) electrons. The van der Waals surface area contributed by atoms with Gasteiger partial charge in [0.2, 0.25) is 8.32 Å². The van der Waals surface area contributed by atoms with E-state index in [1.165, 1.54) is 50.1 Å². The van der Waals surface area contributed by atoms with Gasteiger partial charge in [-0.25, -0.2) is 0 Å². The monoisotopic (exact) mass is 486 g/mol. The molecular formula is C33H46OSi. The molecule has 0 aliphatic heterocycles. The molecule has 0 heterocycles. The molecule has 35 heavy (non-hydrogen) atoms. The molecule has 188 valence electrons. The highest BCUT2D eigenvalue weighted by molar-refractivity contribution is 6.71. The molecule has 3 aromatic carbocycles. The van der Waals surface area contributed by atoms with Crippen LogP contribution in [-0.4, -0.2) is 13.1 Å². The minimum absolute atomic E-state index is 0.836. The van der Waals surface area contributed by atoms with Crippen LogP contribution in [0.1, 0.15) is 91.6 Å². The van der Waals surface area contributed by atoms with Crippen molar-refractivity contribution in [1.29, 1.82) is 0 Å². The summed E-state index contributed by atoms with van der Waals surface area (Å²) < 4.78 is 0. The van der Waals surface area contributed by atoms with Crippen LogP contribution >= 0.6 is 0 Å². The third kappa shape index (κ3) is 6.34. The van der Waals surface area contributed by atoms with Crippen molar-refractivity contribution in [1.82, 2.24) is 0 Å². The van der Waals surface area contributed by atoms with Crippen LogP contribution in [0.3, 0.4) is 0 Å². The Morgan fingerprint density at radius 3 is 0.800 bits per heavy atom. The molecule has 0 saturated carbocycles. The Hall–Kier alpha value is -2.16. The Kier molecular flexibility index (Phi) is 9.95. The molecule has 1 N–H and O–H groups in total. The van der Waals surface area contributed by atoms with Gasteiger partial charge < -0.3 is 4.80 Å². The van der Waals surface area contributed by atoms with E-state index in [0.29, 0.717) is 0 Å². The van der Waals surface area contributed by atoms with Crippen LogP contribution in [0.4, 0.5) is 0 Å². The highest BCUT2D eigenvalue weighted by atomic mass is 28.4. The van der Waals surface area contributed by atoms with E-state index in [4.69, 9.17) is 0 Å². The second-order valence-electron chi connectivity index (χ2n) is 10.0. The predicted molar refractivity (Wildman–Crippen MR) is 155 cm³/mol. The van der Waals surface area contributed by atoms with Crippen molar-refractivity contribution >= 4 is 8.32 Å². The SMILES string of the molecule is CCc1cccc(CC)c1C[Si](O)(Cc1c(CC)cccc1CC)Cc1c(CC)cccc1CC. The Bertz CT molecular complexity index is 908. The van der Waals surface area contributed by atoms with E-state index >= 15 is 0 Å². The maximum atomic E-state index is 12.8. The quantitative estimate of drug-likeness (QED) is 0.261. The van der Waals surface area contributed by atoms with Gasteiger partial charge in [0, 0.05) is 0 Å². The van der Waals surface area contributed by atoms with Gasteiger partial charge in [0.1, 0.15) is 0 Å². The van der Waals surface area contributed by atoms with Gasteiger partial charge in [-0.3, -0.25) is 0 Å². The fourth-order valence-electron chi connectivity index (χ4n) is 5.91. The van der Waals surface area contributed by atoms with E-state index in [2.05, 4.69) is 96.1 Å². The van der Waals surface area contributed by atoms with Gasteiger partial charge in [0.05, 0.1) is 0 Å². The van der Waals surface area contributed by atoms with Gasteiger partial charge in [-0.1, -0.05) is 96.1 Å². The molecule has 0 bridgehead atoms. The van der Waals surface area contributed by atoms with Crippen LogP contribution in [0.15, 0.2) is 54.6 Å². The highest BCUT2D eigenvalue weighted by Crippen LogP contribution is 2.30. The van der Waals surface area contributed by atoms with Crippen molar-refractivity contribution in [2.24, 2.45) is 0 Å². The standard InChI is InChI=1S/C33H46OSi/c1-7-25-16-13-17-26(8-2)31(25)22-35(34,23-32-27(9-3)18-14-19-28(32)10-4)24-33-29(11-5)20-15-21-30(33)12-6/h13-21,34H,7-12,22-24H2,1-6H3. The summed E-state index contributed by atoms with van der Waals surface area (Å²) in [4.78, 5) is 12.8. The van der Waals surface area contributed by atoms with Gasteiger partial charge in [0.25, 0.3) is 0 Å². The number of aryl methyl sites for hydroxylation is 6. The van der Waals surface area contributed by atoms with Gasteiger partial charge in [-0.15, -0.1) is 0 Å². The largest absolute Gasteiger partial charge is 0.431 e. The number of hydrogen-bond acceptors (Lipinski definition) is 1. The fourth-order valence-corrected chi connectivity index (χ4v) is 9.62. The maximum absolute atomic E-state index is 12.8. The van der Waals surface area contributed by atoms with Crippen molar-refractivity contribution in [3.8, 4) is 0 Å². The molecule has 0 aliphatic rings. The summed E-state index contributed by atoms with van der Waals surface area (Å²) in [6, 6.07) is 22.8. The summed E-state index contributed by atoms with van der Waals surface area (Å²) in [5.41, 5.74) is 12.7. The third-order valence-corrected chi connectivity index (χ3v) is 10.9. The van der Waals surface area contributed by atoms with Crippen LogP contribution in [0, 0.1) is 0 Å². The van der Waals surface area contributed by atoms with Crippen molar-refractivity contribution in [3.05, 3.63) is 105 Å². The molecule has 0 spiro atoms. The Morgan fingerprint density at radius 1 is 0.429 bits per heavy atom. The lowest BCUT2D eigenvalue weighted by molar-refractivity contribution is 0.520. The van der Waals surface area contributed by atoms with E-state index in [9.17, 15) is 4.80 Å². The maximum Gasteiger partial charge on any atom is 0.201 e. The summed E-state index contributed by atoms with van der Waals surface area (Å²) in [5, 5.41) is 0. The molecule has 0 unspecified atom stereocenters. The molecule has 2 heteroatoms. The Labute approximate surface area is 215 Å². The zero-order valence-corrected chi connectivity index (χ0v) is 24.0. The lowest BCUT2D eigenvalue weighted by atomic mass is 9.98. The normalized spacial score (nSPS) is 11.7. The van der Waals surface area contributed by atoms with E-state index in [0.717, 1.165) is 56.7 Å². The van der Waals surface area contributed by atoms with Crippen molar-refractivity contribution in [3.63, 3.8) is 0 Å². The van der Waals surface area contributed by atoms with Crippen LogP contribution in [-0.2, 0) is 56.7 Å². The van der Waals surface area contributed by atoms with E-state index in [1.54, 1.807) is 0 Å². The average molecular weight is 487 g/mol. The first kappa shape index (κ1) is 27.4. The molecule has 1 nitrogen and oxygen atoms in total. The Morgan fingerprint density at radius 2 is 0.629 bits per heavy atom. The molecule has 0 saturated heterocycles. The van der Waals surface area contributed by atoms with Gasteiger partial charge >= 0.3 is 0 Å². The van der Waals surface area contributed by atoms with Crippen LogP contribution in [0.2, 0.25) is 0 Å². The minimum atomic E-state index is -2.76. The first-order valence-electron chi connectivity index (χ1n) is 13.9. The first-order valence-corrected chi connectivity index (χ1v) is 16.5. The predicted octanol–water partition coefficient (Wildman–Crippen LogP) is 7.64. The Balaban J connectivity index is 2.18. The average Bonchev–Trinajstić information content (AvgIpc) is 2.88. The molecule has 3 aromatic rings. The zero-order chi connectivity index (χ0) is 25.4.